The molecule has 1 aromatic heterocycles. The van der Waals surface area contributed by atoms with E-state index < -0.39 is 0 Å². The highest BCUT2D eigenvalue weighted by molar-refractivity contribution is 7.99. The predicted octanol–water partition coefficient (Wildman–Crippen LogP) is 2.39. The number of hydrogen-bond donors (Lipinski definition) is 1. The van der Waals surface area contributed by atoms with Crippen LogP contribution in [0.1, 0.15) is 10.4 Å². The van der Waals surface area contributed by atoms with Crippen LogP contribution < -0.4 is 15.6 Å². The molecule has 0 saturated heterocycles. The van der Waals surface area contributed by atoms with Gasteiger partial charge in [-0.25, -0.2) is 4.98 Å². The molecule has 1 heterocycles. The molecule has 0 aliphatic rings. The summed E-state index contributed by atoms with van der Waals surface area (Å²) >= 11 is 1.15. The number of fused-ring (bicyclic) bond motifs is 1. The maximum Gasteiger partial charge on any atom is 0.266 e. The molecule has 3 rings (SSSR count). The number of ether oxygens (including phenoxy) is 2. The lowest BCUT2D eigenvalue weighted by Crippen LogP contribution is -2.27. The number of amides is 1. The van der Waals surface area contributed by atoms with Gasteiger partial charge in [-0.15, -0.1) is 0 Å². The van der Waals surface area contributed by atoms with Gasteiger partial charge in [-0.3, -0.25) is 14.2 Å². The Kier molecular flexibility index (Phi) is 7.06. The monoisotopic (exact) mass is 424 g/mol. The summed E-state index contributed by atoms with van der Waals surface area (Å²) in [7, 11) is 3.12. The maximum absolute atomic E-state index is 13.2. The Hall–Kier alpha value is -3.35. The third-order valence-corrected chi connectivity index (χ3v) is 5.09. The summed E-state index contributed by atoms with van der Waals surface area (Å²) in [6.45, 7) is 0.780. The van der Waals surface area contributed by atoms with E-state index in [1.807, 2.05) is 0 Å². The Morgan fingerprint density at radius 2 is 2.00 bits per heavy atom. The van der Waals surface area contributed by atoms with Gasteiger partial charge in [0.25, 0.3) is 11.5 Å². The van der Waals surface area contributed by atoms with Crippen LogP contribution in [0.3, 0.4) is 0 Å². The second-order valence-electron chi connectivity index (χ2n) is 6.16. The van der Waals surface area contributed by atoms with Crippen LogP contribution in [0.15, 0.2) is 52.4 Å². The van der Waals surface area contributed by atoms with Crippen LogP contribution in [0.2, 0.25) is 0 Å². The predicted molar refractivity (Wildman–Crippen MR) is 114 cm³/mol. The first-order valence-corrected chi connectivity index (χ1v) is 10.1. The summed E-state index contributed by atoms with van der Waals surface area (Å²) in [5.41, 5.74) is 1.11. The number of hydrogen-bond acceptors (Lipinski definition) is 7. The van der Waals surface area contributed by atoms with Crippen molar-refractivity contribution in [1.29, 1.82) is 5.26 Å². The molecule has 0 unspecified atom stereocenters. The molecular weight excluding hydrogens is 404 g/mol. The molecular formula is C21H20N4O4S. The number of nitrogens with zero attached hydrogens (tertiary/aromatic N) is 3. The molecule has 30 heavy (non-hydrogen) atoms. The van der Waals surface area contributed by atoms with E-state index >= 15 is 0 Å². The quantitative estimate of drug-likeness (QED) is 0.336. The molecule has 0 aliphatic carbocycles. The van der Waals surface area contributed by atoms with Crippen molar-refractivity contribution in [3.05, 3.63) is 58.4 Å². The first-order chi connectivity index (χ1) is 14.6. The Bertz CT molecular complexity index is 1150. The number of nitrogens with one attached hydrogen (secondary N) is 1. The van der Waals surface area contributed by atoms with Crippen molar-refractivity contribution in [2.75, 3.05) is 33.1 Å². The van der Waals surface area contributed by atoms with E-state index in [9.17, 15) is 9.59 Å². The zero-order valence-corrected chi connectivity index (χ0v) is 17.4. The molecule has 0 atom stereocenters. The van der Waals surface area contributed by atoms with Crippen LogP contribution in [0, 0.1) is 11.3 Å². The Morgan fingerprint density at radius 3 is 2.67 bits per heavy atom. The van der Waals surface area contributed by atoms with Gasteiger partial charge in [-0.05, 0) is 42.5 Å². The van der Waals surface area contributed by atoms with Gasteiger partial charge in [0.05, 0.1) is 42.1 Å². The highest BCUT2D eigenvalue weighted by Gasteiger charge is 2.15. The lowest BCUT2D eigenvalue weighted by Gasteiger charge is -2.13. The fourth-order valence-corrected chi connectivity index (χ4v) is 3.50. The summed E-state index contributed by atoms with van der Waals surface area (Å²) in [6, 6.07) is 13.8. The fraction of sp³-hybridized carbons (Fsp3) is 0.238. The van der Waals surface area contributed by atoms with E-state index in [1.54, 1.807) is 56.7 Å². The third kappa shape index (κ3) is 4.62. The van der Waals surface area contributed by atoms with Crippen LogP contribution >= 0.6 is 11.8 Å². The van der Waals surface area contributed by atoms with Gasteiger partial charge in [-0.1, -0.05) is 11.8 Å². The summed E-state index contributed by atoms with van der Waals surface area (Å²) in [5, 5.41) is 12.5. The zero-order valence-electron chi connectivity index (χ0n) is 16.5. The Morgan fingerprint density at radius 1 is 1.23 bits per heavy atom. The summed E-state index contributed by atoms with van der Waals surface area (Å²) in [4.78, 5) is 30.1. The second kappa shape index (κ2) is 9.91. The van der Waals surface area contributed by atoms with E-state index in [0.717, 1.165) is 11.8 Å². The zero-order chi connectivity index (χ0) is 21.5. The number of nitriles is 1. The van der Waals surface area contributed by atoms with Crippen LogP contribution in [0.5, 0.6) is 5.75 Å². The number of benzene rings is 2. The van der Waals surface area contributed by atoms with Crippen LogP contribution in [-0.4, -0.2) is 48.6 Å². The standard InChI is InChI=1S/C21H20N4O4S/c1-28-11-10-23-19(26)14-3-8-17-18(13-14)24-21(30-12-9-22)25(20(17)27)15-4-6-16(29-2)7-5-15/h3-8,13H,10-12H2,1-2H3,(H,23,26). The van der Waals surface area contributed by atoms with E-state index in [-0.39, 0.29) is 17.2 Å². The van der Waals surface area contributed by atoms with Gasteiger partial charge in [0, 0.05) is 19.2 Å². The topological polar surface area (TPSA) is 106 Å². The smallest absolute Gasteiger partial charge is 0.266 e. The van der Waals surface area contributed by atoms with Crippen molar-refractivity contribution < 1.29 is 14.3 Å². The molecule has 1 N–H and O–H groups in total. The minimum Gasteiger partial charge on any atom is -0.497 e. The lowest BCUT2D eigenvalue weighted by molar-refractivity contribution is 0.0937. The number of carbonyl (C=O) groups excluding carboxylic acids is 1. The molecule has 9 heteroatoms. The molecule has 0 saturated carbocycles. The maximum atomic E-state index is 13.2. The molecule has 0 spiro atoms. The Labute approximate surface area is 177 Å². The summed E-state index contributed by atoms with van der Waals surface area (Å²) in [5.74, 6) is 0.517. The molecule has 154 valence electrons. The van der Waals surface area contributed by atoms with Gasteiger partial charge in [0.15, 0.2) is 5.16 Å². The fourth-order valence-electron chi connectivity index (χ4n) is 2.83. The summed E-state index contributed by atoms with van der Waals surface area (Å²) < 4.78 is 11.6. The average Bonchev–Trinajstić information content (AvgIpc) is 2.77. The van der Waals surface area contributed by atoms with Crippen molar-refractivity contribution in [2.45, 2.75) is 5.16 Å². The first-order valence-electron chi connectivity index (χ1n) is 9.07. The van der Waals surface area contributed by atoms with Crippen LogP contribution in [0.25, 0.3) is 16.6 Å². The van der Waals surface area contributed by atoms with Gasteiger partial charge in [0.1, 0.15) is 5.75 Å². The van der Waals surface area contributed by atoms with Crippen molar-refractivity contribution in [2.24, 2.45) is 0 Å². The highest BCUT2D eigenvalue weighted by Crippen LogP contribution is 2.23. The van der Waals surface area contributed by atoms with Crippen molar-refractivity contribution in [3.63, 3.8) is 0 Å². The van der Waals surface area contributed by atoms with Crippen molar-refractivity contribution >= 4 is 28.6 Å². The van der Waals surface area contributed by atoms with Gasteiger partial charge in [0.2, 0.25) is 0 Å². The van der Waals surface area contributed by atoms with Crippen molar-refractivity contribution in [1.82, 2.24) is 14.9 Å². The minimum absolute atomic E-state index is 0.130. The normalized spacial score (nSPS) is 10.6. The first kappa shape index (κ1) is 21.4. The van der Waals surface area contributed by atoms with E-state index in [2.05, 4.69) is 16.4 Å². The number of rotatable bonds is 8. The molecule has 2 aromatic carbocycles. The molecule has 0 bridgehead atoms. The SMILES string of the molecule is COCCNC(=O)c1ccc2c(=O)n(-c3ccc(OC)cc3)c(SCC#N)nc2c1. The number of carbonyl (C=O) groups is 1. The van der Waals surface area contributed by atoms with E-state index in [4.69, 9.17) is 14.7 Å². The van der Waals surface area contributed by atoms with Crippen LogP contribution in [0.4, 0.5) is 0 Å². The second-order valence-corrected chi connectivity index (χ2v) is 7.10. The molecule has 3 aromatic rings. The van der Waals surface area contributed by atoms with Gasteiger partial charge < -0.3 is 14.8 Å². The average molecular weight is 424 g/mol. The molecule has 8 nitrogen and oxygen atoms in total. The van der Waals surface area contributed by atoms with Gasteiger partial charge in [-0.2, -0.15) is 5.26 Å². The molecule has 0 aliphatic heterocycles. The third-order valence-electron chi connectivity index (χ3n) is 4.29. The van der Waals surface area contributed by atoms with E-state index in [0.29, 0.717) is 46.2 Å². The van der Waals surface area contributed by atoms with Crippen molar-refractivity contribution in [3.8, 4) is 17.5 Å². The van der Waals surface area contributed by atoms with Gasteiger partial charge >= 0.3 is 0 Å². The largest absolute Gasteiger partial charge is 0.497 e. The molecule has 1 amide bonds. The number of aromatic nitrogens is 2. The number of thioether (sulfide) groups is 1. The van der Waals surface area contributed by atoms with Crippen LogP contribution in [-0.2, 0) is 4.74 Å². The molecule has 0 radical (unpaired) electrons. The lowest BCUT2D eigenvalue weighted by atomic mass is 10.1. The van der Waals surface area contributed by atoms with E-state index in [1.165, 1.54) is 4.57 Å². The highest BCUT2D eigenvalue weighted by atomic mass is 32.2. The Balaban J connectivity index is 2.09. The number of methoxy groups -OCH3 is 2. The minimum atomic E-state index is -0.281. The summed E-state index contributed by atoms with van der Waals surface area (Å²) in [6.07, 6.45) is 0. The molecule has 0 fully saturated rings.